The molecule has 2 nitrogen and oxygen atoms in total. The van der Waals surface area contributed by atoms with Gasteiger partial charge >= 0.3 is 6.36 Å². The van der Waals surface area contributed by atoms with Crippen LogP contribution in [0.2, 0.25) is 0 Å². The number of rotatable bonds is 2. The fraction of sp³-hybridized carbons (Fsp3) is 0.538. The van der Waals surface area contributed by atoms with Crippen LogP contribution in [0.5, 0.6) is 5.75 Å². The molecule has 0 aliphatic heterocycles. The summed E-state index contributed by atoms with van der Waals surface area (Å²) in [6.07, 6.45) is -1.61. The summed E-state index contributed by atoms with van der Waals surface area (Å²) in [6.45, 7) is 0. The Labute approximate surface area is 103 Å². The summed E-state index contributed by atoms with van der Waals surface area (Å²) in [4.78, 5) is 0. The average molecular weight is 260 g/mol. The van der Waals surface area contributed by atoms with E-state index in [2.05, 4.69) is 4.74 Å². The van der Waals surface area contributed by atoms with Crippen molar-refractivity contribution in [3.05, 3.63) is 29.8 Å². The van der Waals surface area contributed by atoms with Gasteiger partial charge in [0.2, 0.25) is 0 Å². The van der Waals surface area contributed by atoms with E-state index in [9.17, 15) is 18.3 Å². The predicted molar refractivity (Wildman–Crippen MR) is 60.3 cm³/mol. The normalized spacial score (nSPS) is 24.9. The van der Waals surface area contributed by atoms with Gasteiger partial charge < -0.3 is 9.84 Å². The Bertz CT molecular complexity index is 378. The average Bonchev–Trinajstić information content (AvgIpc) is 2.29. The largest absolute Gasteiger partial charge is 0.573 e. The van der Waals surface area contributed by atoms with Crippen molar-refractivity contribution in [2.45, 2.75) is 44.1 Å². The van der Waals surface area contributed by atoms with Gasteiger partial charge in [-0.15, -0.1) is 13.2 Å². The van der Waals surface area contributed by atoms with Gasteiger partial charge in [0.1, 0.15) is 5.75 Å². The lowest BCUT2D eigenvalue weighted by Crippen LogP contribution is -2.18. The molecule has 0 heterocycles. The molecule has 0 unspecified atom stereocenters. The standard InChI is InChI=1S/C13H15F3O2/c14-13(15,16)18-12-7-3-10(4-8-12)9-1-5-11(17)6-2-9/h3-4,7-9,11,17H,1-2,5-6H2/t9-,11-. The molecule has 1 aliphatic carbocycles. The molecule has 1 fully saturated rings. The van der Waals surface area contributed by atoms with Crippen molar-refractivity contribution in [3.8, 4) is 5.75 Å². The summed E-state index contributed by atoms with van der Waals surface area (Å²) in [5.74, 6) is 0.135. The van der Waals surface area contributed by atoms with Crippen LogP contribution >= 0.6 is 0 Å². The third kappa shape index (κ3) is 3.63. The molecule has 100 valence electrons. The zero-order chi connectivity index (χ0) is 13.2. The van der Waals surface area contributed by atoms with Crippen LogP contribution in [-0.4, -0.2) is 17.6 Å². The zero-order valence-electron chi connectivity index (χ0n) is 9.78. The summed E-state index contributed by atoms with van der Waals surface area (Å²) in [6, 6.07) is 6.02. The highest BCUT2D eigenvalue weighted by atomic mass is 19.4. The lowest BCUT2D eigenvalue weighted by molar-refractivity contribution is -0.274. The van der Waals surface area contributed by atoms with E-state index in [0.29, 0.717) is 5.92 Å². The minimum absolute atomic E-state index is 0.193. The van der Waals surface area contributed by atoms with Crippen LogP contribution < -0.4 is 4.74 Å². The summed E-state index contributed by atoms with van der Waals surface area (Å²) in [5, 5.41) is 9.40. The number of hydrogen-bond acceptors (Lipinski definition) is 2. The molecule has 0 spiro atoms. The van der Waals surface area contributed by atoms with Crippen molar-refractivity contribution < 1.29 is 23.0 Å². The third-order valence-corrected chi connectivity index (χ3v) is 3.28. The molecule has 1 saturated carbocycles. The second-order valence-corrected chi connectivity index (χ2v) is 4.62. The fourth-order valence-corrected chi connectivity index (χ4v) is 2.35. The number of ether oxygens (including phenoxy) is 1. The highest BCUT2D eigenvalue weighted by Crippen LogP contribution is 2.34. The Hall–Kier alpha value is -1.23. The van der Waals surface area contributed by atoms with Gasteiger partial charge in [0, 0.05) is 0 Å². The van der Waals surface area contributed by atoms with E-state index in [1.165, 1.54) is 12.1 Å². The molecule has 1 N–H and O–H groups in total. The van der Waals surface area contributed by atoms with Gasteiger partial charge in [0.25, 0.3) is 0 Å². The second-order valence-electron chi connectivity index (χ2n) is 4.62. The summed E-state index contributed by atoms with van der Waals surface area (Å²) in [5.41, 5.74) is 1.01. The van der Waals surface area contributed by atoms with Crippen LogP contribution in [0.4, 0.5) is 13.2 Å². The Morgan fingerprint density at radius 3 is 2.06 bits per heavy atom. The molecule has 0 aromatic heterocycles. The van der Waals surface area contributed by atoms with Crippen molar-refractivity contribution >= 4 is 0 Å². The van der Waals surface area contributed by atoms with Crippen LogP contribution in [0.15, 0.2) is 24.3 Å². The molecule has 2 rings (SSSR count). The lowest BCUT2D eigenvalue weighted by atomic mass is 9.83. The topological polar surface area (TPSA) is 29.5 Å². The van der Waals surface area contributed by atoms with E-state index < -0.39 is 6.36 Å². The number of hydrogen-bond donors (Lipinski definition) is 1. The highest BCUT2D eigenvalue weighted by Gasteiger charge is 2.31. The minimum Gasteiger partial charge on any atom is -0.406 e. The first-order chi connectivity index (χ1) is 8.44. The summed E-state index contributed by atoms with van der Waals surface area (Å²) < 4.78 is 39.8. The van der Waals surface area contributed by atoms with Gasteiger partial charge in [-0.1, -0.05) is 12.1 Å². The molecular weight excluding hydrogens is 245 g/mol. The van der Waals surface area contributed by atoms with E-state index in [1.807, 2.05) is 0 Å². The number of aliphatic hydroxyl groups is 1. The Kier molecular flexibility index (Phi) is 3.80. The summed E-state index contributed by atoms with van der Waals surface area (Å²) in [7, 11) is 0. The number of aliphatic hydroxyl groups excluding tert-OH is 1. The molecule has 0 amide bonds. The molecule has 1 aromatic rings. The third-order valence-electron chi connectivity index (χ3n) is 3.28. The smallest absolute Gasteiger partial charge is 0.406 e. The first-order valence-corrected chi connectivity index (χ1v) is 5.98. The van der Waals surface area contributed by atoms with Crippen LogP contribution in [-0.2, 0) is 0 Å². The first kappa shape index (κ1) is 13.2. The second kappa shape index (κ2) is 5.18. The molecule has 0 saturated heterocycles. The van der Waals surface area contributed by atoms with E-state index >= 15 is 0 Å². The van der Waals surface area contributed by atoms with Crippen LogP contribution in [0.25, 0.3) is 0 Å². The first-order valence-electron chi connectivity index (χ1n) is 5.98. The van der Waals surface area contributed by atoms with Crippen molar-refractivity contribution in [1.29, 1.82) is 0 Å². The van der Waals surface area contributed by atoms with Gasteiger partial charge in [-0.05, 0) is 49.3 Å². The molecule has 1 aromatic carbocycles. The fourth-order valence-electron chi connectivity index (χ4n) is 2.35. The van der Waals surface area contributed by atoms with Crippen LogP contribution in [0.3, 0.4) is 0 Å². The number of halogens is 3. The Morgan fingerprint density at radius 2 is 1.56 bits per heavy atom. The molecule has 1 aliphatic rings. The van der Waals surface area contributed by atoms with Crippen molar-refractivity contribution in [2.24, 2.45) is 0 Å². The molecule has 0 atom stereocenters. The molecule has 0 radical (unpaired) electrons. The quantitative estimate of drug-likeness (QED) is 0.880. The highest BCUT2D eigenvalue weighted by molar-refractivity contribution is 5.29. The maximum atomic E-state index is 12.0. The maximum absolute atomic E-state index is 12.0. The molecule has 5 heteroatoms. The van der Waals surface area contributed by atoms with Gasteiger partial charge in [0.15, 0.2) is 0 Å². The Morgan fingerprint density at radius 1 is 1.00 bits per heavy atom. The minimum atomic E-state index is -4.64. The van der Waals surface area contributed by atoms with Crippen molar-refractivity contribution in [3.63, 3.8) is 0 Å². The predicted octanol–water partition coefficient (Wildman–Crippen LogP) is 3.60. The van der Waals surface area contributed by atoms with Gasteiger partial charge in [-0.3, -0.25) is 0 Å². The van der Waals surface area contributed by atoms with E-state index in [1.54, 1.807) is 12.1 Å². The lowest BCUT2D eigenvalue weighted by Gasteiger charge is -2.25. The number of alkyl halides is 3. The van der Waals surface area contributed by atoms with Crippen LogP contribution in [0, 0.1) is 0 Å². The van der Waals surface area contributed by atoms with Crippen molar-refractivity contribution in [1.82, 2.24) is 0 Å². The molecule has 18 heavy (non-hydrogen) atoms. The van der Waals surface area contributed by atoms with E-state index in [0.717, 1.165) is 31.2 Å². The number of benzene rings is 1. The zero-order valence-corrected chi connectivity index (χ0v) is 9.78. The Balaban J connectivity index is 1.99. The maximum Gasteiger partial charge on any atom is 0.573 e. The molecular formula is C13H15F3O2. The van der Waals surface area contributed by atoms with Crippen LogP contribution in [0.1, 0.15) is 37.2 Å². The monoisotopic (exact) mass is 260 g/mol. The van der Waals surface area contributed by atoms with E-state index in [-0.39, 0.29) is 11.9 Å². The molecule has 0 bridgehead atoms. The summed E-state index contributed by atoms with van der Waals surface area (Å²) >= 11 is 0. The SMILES string of the molecule is O[C@H]1CC[C@H](c2ccc(OC(F)(F)F)cc2)CC1. The van der Waals surface area contributed by atoms with Crippen molar-refractivity contribution in [2.75, 3.05) is 0 Å². The van der Waals surface area contributed by atoms with E-state index in [4.69, 9.17) is 0 Å². The van der Waals surface area contributed by atoms with Gasteiger partial charge in [0.05, 0.1) is 6.10 Å². The van der Waals surface area contributed by atoms with Gasteiger partial charge in [-0.25, -0.2) is 0 Å². The van der Waals surface area contributed by atoms with Gasteiger partial charge in [-0.2, -0.15) is 0 Å².